The molecule has 2 aromatic rings. The molecule has 0 unspecified atom stereocenters. The van der Waals surface area contributed by atoms with E-state index in [-0.39, 0.29) is 11.2 Å². The SMILES string of the molecule is CC1(C)CCc2nc(C#Cc3ccccn3)ccc2C1=O. The summed E-state index contributed by atoms with van der Waals surface area (Å²) in [6.45, 7) is 3.99. The van der Waals surface area contributed by atoms with Gasteiger partial charge in [-0.25, -0.2) is 9.97 Å². The third-order valence-corrected chi connectivity index (χ3v) is 3.80. The number of carbonyl (C=O) groups is 1. The first-order valence-electron chi connectivity index (χ1n) is 7.04. The summed E-state index contributed by atoms with van der Waals surface area (Å²) in [7, 11) is 0. The molecule has 0 aliphatic heterocycles. The van der Waals surface area contributed by atoms with E-state index in [2.05, 4.69) is 21.8 Å². The molecule has 0 amide bonds. The van der Waals surface area contributed by atoms with E-state index < -0.39 is 0 Å². The number of aromatic nitrogens is 2. The van der Waals surface area contributed by atoms with Crippen LogP contribution in [-0.4, -0.2) is 15.8 Å². The monoisotopic (exact) mass is 276 g/mol. The molecule has 0 atom stereocenters. The summed E-state index contributed by atoms with van der Waals surface area (Å²) in [6.07, 6.45) is 3.38. The predicted molar refractivity (Wildman–Crippen MR) is 80.9 cm³/mol. The fourth-order valence-electron chi connectivity index (χ4n) is 2.44. The molecule has 3 heteroatoms. The van der Waals surface area contributed by atoms with Gasteiger partial charge in [0, 0.05) is 17.2 Å². The molecule has 1 aliphatic rings. The second kappa shape index (κ2) is 5.14. The summed E-state index contributed by atoms with van der Waals surface area (Å²) in [5.41, 5.74) is 2.73. The fraction of sp³-hybridized carbons (Fsp3) is 0.278. The Hall–Kier alpha value is -2.47. The van der Waals surface area contributed by atoms with Crippen LogP contribution in [0.2, 0.25) is 0 Å². The van der Waals surface area contributed by atoms with Crippen LogP contribution in [0.4, 0.5) is 0 Å². The van der Waals surface area contributed by atoms with Crippen molar-refractivity contribution < 1.29 is 4.79 Å². The van der Waals surface area contributed by atoms with Crippen molar-refractivity contribution in [1.82, 2.24) is 9.97 Å². The van der Waals surface area contributed by atoms with E-state index in [4.69, 9.17) is 0 Å². The molecule has 2 aromatic heterocycles. The highest BCUT2D eigenvalue weighted by Gasteiger charge is 2.34. The molecular weight excluding hydrogens is 260 g/mol. The molecule has 2 heterocycles. The molecular formula is C18H16N2O. The summed E-state index contributed by atoms with van der Waals surface area (Å²) in [4.78, 5) is 21.0. The highest BCUT2D eigenvalue weighted by molar-refractivity contribution is 6.01. The number of rotatable bonds is 0. The molecule has 0 fully saturated rings. The van der Waals surface area contributed by atoms with Gasteiger partial charge in [-0.05, 0) is 48.9 Å². The zero-order chi connectivity index (χ0) is 14.9. The average molecular weight is 276 g/mol. The van der Waals surface area contributed by atoms with Crippen LogP contribution < -0.4 is 0 Å². The first-order valence-corrected chi connectivity index (χ1v) is 7.04. The Bertz CT molecular complexity index is 752. The molecule has 1 aliphatic carbocycles. The lowest BCUT2D eigenvalue weighted by atomic mass is 9.75. The highest BCUT2D eigenvalue weighted by Crippen LogP contribution is 2.33. The lowest BCUT2D eigenvalue weighted by Crippen LogP contribution is -2.31. The minimum absolute atomic E-state index is 0.181. The summed E-state index contributed by atoms with van der Waals surface area (Å²) in [6, 6.07) is 9.28. The normalized spacial score (nSPS) is 15.8. The van der Waals surface area contributed by atoms with Crippen LogP contribution in [0, 0.1) is 17.3 Å². The second-order valence-corrected chi connectivity index (χ2v) is 5.87. The first-order chi connectivity index (χ1) is 10.1. The van der Waals surface area contributed by atoms with Gasteiger partial charge >= 0.3 is 0 Å². The minimum Gasteiger partial charge on any atom is -0.294 e. The number of Topliss-reactive ketones (excluding diaryl/α,β-unsaturated/α-hetero) is 1. The summed E-state index contributed by atoms with van der Waals surface area (Å²) < 4.78 is 0. The Morgan fingerprint density at radius 1 is 1.10 bits per heavy atom. The third kappa shape index (κ3) is 2.71. The van der Waals surface area contributed by atoms with Crippen molar-refractivity contribution in [3.05, 3.63) is 59.2 Å². The Labute approximate surface area is 124 Å². The van der Waals surface area contributed by atoms with E-state index >= 15 is 0 Å². The van der Waals surface area contributed by atoms with Crippen LogP contribution in [0.1, 0.15) is 47.7 Å². The molecule has 0 saturated heterocycles. The zero-order valence-corrected chi connectivity index (χ0v) is 12.2. The van der Waals surface area contributed by atoms with Gasteiger partial charge in [0.2, 0.25) is 0 Å². The molecule has 104 valence electrons. The van der Waals surface area contributed by atoms with Crippen LogP contribution in [0.3, 0.4) is 0 Å². The number of carbonyl (C=O) groups excluding carboxylic acids is 1. The van der Waals surface area contributed by atoms with Crippen LogP contribution >= 0.6 is 0 Å². The third-order valence-electron chi connectivity index (χ3n) is 3.80. The van der Waals surface area contributed by atoms with E-state index in [9.17, 15) is 4.79 Å². The molecule has 0 aromatic carbocycles. The first kappa shape index (κ1) is 13.5. The number of nitrogens with zero attached hydrogens (tertiary/aromatic N) is 2. The largest absolute Gasteiger partial charge is 0.294 e. The van der Waals surface area contributed by atoms with Crippen molar-refractivity contribution in [1.29, 1.82) is 0 Å². The fourth-order valence-corrected chi connectivity index (χ4v) is 2.44. The highest BCUT2D eigenvalue weighted by atomic mass is 16.1. The predicted octanol–water partition coefficient (Wildman–Crippen LogP) is 3.03. The molecule has 0 N–H and O–H groups in total. The van der Waals surface area contributed by atoms with Crippen molar-refractivity contribution in [3.8, 4) is 11.8 Å². The van der Waals surface area contributed by atoms with Crippen LogP contribution in [0.5, 0.6) is 0 Å². The molecule has 3 rings (SSSR count). The van der Waals surface area contributed by atoms with E-state index in [1.165, 1.54) is 0 Å². The molecule has 0 bridgehead atoms. The molecule has 0 spiro atoms. The minimum atomic E-state index is -0.282. The van der Waals surface area contributed by atoms with Crippen molar-refractivity contribution in [3.63, 3.8) is 0 Å². The van der Waals surface area contributed by atoms with Gasteiger partial charge in [0.15, 0.2) is 5.78 Å². The summed E-state index contributed by atoms with van der Waals surface area (Å²) >= 11 is 0. The molecule has 3 nitrogen and oxygen atoms in total. The van der Waals surface area contributed by atoms with Crippen molar-refractivity contribution in [2.75, 3.05) is 0 Å². The van der Waals surface area contributed by atoms with Gasteiger partial charge in [-0.2, -0.15) is 0 Å². The van der Waals surface area contributed by atoms with Crippen LogP contribution in [0.15, 0.2) is 36.5 Å². The quantitative estimate of drug-likeness (QED) is 0.695. The maximum absolute atomic E-state index is 12.3. The average Bonchev–Trinajstić information content (AvgIpc) is 2.50. The van der Waals surface area contributed by atoms with Gasteiger partial charge in [0.25, 0.3) is 0 Å². The number of pyridine rings is 2. The Morgan fingerprint density at radius 2 is 1.90 bits per heavy atom. The van der Waals surface area contributed by atoms with Crippen LogP contribution in [-0.2, 0) is 6.42 Å². The topological polar surface area (TPSA) is 42.9 Å². The van der Waals surface area contributed by atoms with Gasteiger partial charge in [-0.15, -0.1) is 0 Å². The maximum atomic E-state index is 12.3. The Kier molecular flexibility index (Phi) is 3.31. The number of fused-ring (bicyclic) bond motifs is 1. The van der Waals surface area contributed by atoms with Gasteiger partial charge in [0.05, 0.1) is 5.69 Å². The number of hydrogen-bond donors (Lipinski definition) is 0. The van der Waals surface area contributed by atoms with Gasteiger partial charge < -0.3 is 0 Å². The smallest absolute Gasteiger partial charge is 0.170 e. The van der Waals surface area contributed by atoms with E-state index in [0.717, 1.165) is 24.1 Å². The zero-order valence-electron chi connectivity index (χ0n) is 12.2. The van der Waals surface area contributed by atoms with Crippen LogP contribution in [0.25, 0.3) is 0 Å². The maximum Gasteiger partial charge on any atom is 0.170 e. The Morgan fingerprint density at radius 3 is 2.67 bits per heavy atom. The second-order valence-electron chi connectivity index (χ2n) is 5.87. The summed E-state index contributed by atoms with van der Waals surface area (Å²) in [5, 5.41) is 0. The van der Waals surface area contributed by atoms with Gasteiger partial charge in [0.1, 0.15) is 11.4 Å². The lowest BCUT2D eigenvalue weighted by Gasteiger charge is -2.28. The van der Waals surface area contributed by atoms with E-state index in [1.54, 1.807) is 6.20 Å². The van der Waals surface area contributed by atoms with Crippen molar-refractivity contribution >= 4 is 5.78 Å². The molecule has 21 heavy (non-hydrogen) atoms. The van der Waals surface area contributed by atoms with Gasteiger partial charge in [-0.3, -0.25) is 4.79 Å². The lowest BCUT2D eigenvalue weighted by molar-refractivity contribution is 0.0809. The van der Waals surface area contributed by atoms with E-state index in [0.29, 0.717) is 11.4 Å². The number of hydrogen-bond acceptors (Lipinski definition) is 3. The van der Waals surface area contributed by atoms with E-state index in [1.807, 2.05) is 44.2 Å². The van der Waals surface area contributed by atoms with Gasteiger partial charge in [-0.1, -0.05) is 19.9 Å². The molecule has 0 saturated carbocycles. The van der Waals surface area contributed by atoms with Crippen molar-refractivity contribution in [2.45, 2.75) is 26.7 Å². The Balaban J connectivity index is 1.92. The molecule has 0 radical (unpaired) electrons. The number of ketones is 1. The standard InChI is InChI=1S/C18H16N2O/c1-18(2)11-10-16-15(17(18)21)9-8-14(20-16)7-6-13-5-3-4-12-19-13/h3-5,8-9,12H,10-11H2,1-2H3. The summed E-state index contributed by atoms with van der Waals surface area (Å²) in [5.74, 6) is 6.18. The number of aryl methyl sites for hydroxylation is 1. The van der Waals surface area contributed by atoms with Crippen molar-refractivity contribution in [2.24, 2.45) is 5.41 Å².